The molecule has 4 rings (SSSR count). The molecule has 0 atom stereocenters. The Hall–Kier alpha value is -2.19. The number of pyridine rings is 1. The summed E-state index contributed by atoms with van der Waals surface area (Å²) in [6.45, 7) is 0. The SMILES string of the molecule is NS(=O)(=O)c1ccc(C2=C(c3ccc(C(F)(F)F)nc3)CC3(CCCC3)C2)cc1. The number of sulfonamides is 1. The Bertz CT molecular complexity index is 1050. The molecule has 1 aromatic carbocycles. The number of rotatable bonds is 3. The van der Waals surface area contributed by atoms with Gasteiger partial charge in [0.25, 0.3) is 0 Å². The number of halogens is 3. The van der Waals surface area contributed by atoms with Crippen molar-refractivity contribution in [2.75, 3.05) is 0 Å². The number of nitrogens with zero attached hydrogens (tertiary/aromatic N) is 1. The van der Waals surface area contributed by atoms with E-state index in [0.717, 1.165) is 61.3 Å². The highest BCUT2D eigenvalue weighted by atomic mass is 32.2. The van der Waals surface area contributed by atoms with Crippen molar-refractivity contribution in [2.45, 2.75) is 49.6 Å². The fourth-order valence-electron chi connectivity index (χ4n) is 4.64. The quantitative estimate of drug-likeness (QED) is 0.755. The molecule has 0 aliphatic heterocycles. The first-order chi connectivity index (χ1) is 13.6. The molecule has 1 saturated carbocycles. The second kappa shape index (κ2) is 6.95. The van der Waals surface area contributed by atoms with Crippen molar-refractivity contribution in [1.29, 1.82) is 0 Å². The fraction of sp³-hybridized carbons (Fsp3) is 0.381. The first-order valence-corrected chi connectivity index (χ1v) is 11.0. The van der Waals surface area contributed by atoms with E-state index in [2.05, 4.69) is 4.98 Å². The van der Waals surface area contributed by atoms with Gasteiger partial charge in [-0.3, -0.25) is 4.98 Å². The van der Waals surface area contributed by atoms with Gasteiger partial charge in [0, 0.05) is 6.20 Å². The predicted molar refractivity (Wildman–Crippen MR) is 104 cm³/mol. The van der Waals surface area contributed by atoms with E-state index in [1.165, 1.54) is 24.4 Å². The topological polar surface area (TPSA) is 73.1 Å². The molecule has 0 saturated heterocycles. The van der Waals surface area contributed by atoms with E-state index in [0.29, 0.717) is 5.56 Å². The third kappa shape index (κ3) is 3.96. The van der Waals surface area contributed by atoms with Gasteiger partial charge >= 0.3 is 6.18 Å². The summed E-state index contributed by atoms with van der Waals surface area (Å²) >= 11 is 0. The molecule has 1 heterocycles. The maximum Gasteiger partial charge on any atom is 0.433 e. The number of allylic oxidation sites excluding steroid dienone is 2. The monoisotopic (exact) mass is 422 g/mol. The standard InChI is InChI=1S/C21H21F3N2O2S/c22-21(23,24)19-8-5-15(13-26-19)18-12-20(9-1-2-10-20)11-17(18)14-3-6-16(7-4-14)29(25,27)28/h3-8,13H,1-2,9-12H2,(H2,25,27,28). The van der Waals surface area contributed by atoms with E-state index in [-0.39, 0.29) is 10.3 Å². The summed E-state index contributed by atoms with van der Waals surface area (Å²) < 4.78 is 61.7. The van der Waals surface area contributed by atoms with Crippen molar-refractivity contribution in [3.8, 4) is 0 Å². The Balaban J connectivity index is 1.76. The highest BCUT2D eigenvalue weighted by Gasteiger charge is 2.41. The molecule has 4 nitrogen and oxygen atoms in total. The van der Waals surface area contributed by atoms with Crippen molar-refractivity contribution in [3.63, 3.8) is 0 Å². The number of aromatic nitrogens is 1. The number of primary sulfonamides is 1. The second-order valence-electron chi connectivity index (χ2n) is 8.02. The van der Waals surface area contributed by atoms with Crippen molar-refractivity contribution in [1.82, 2.24) is 4.98 Å². The molecule has 1 aromatic heterocycles. The summed E-state index contributed by atoms with van der Waals surface area (Å²) in [5.74, 6) is 0. The van der Waals surface area contributed by atoms with Crippen molar-refractivity contribution in [3.05, 3.63) is 59.4 Å². The van der Waals surface area contributed by atoms with E-state index in [4.69, 9.17) is 5.14 Å². The zero-order chi connectivity index (χ0) is 20.9. The first-order valence-electron chi connectivity index (χ1n) is 9.46. The molecule has 1 spiro atoms. The maximum atomic E-state index is 12.9. The van der Waals surface area contributed by atoms with Crippen LogP contribution in [0, 0.1) is 5.41 Å². The molecule has 0 unspecified atom stereocenters. The Kier molecular flexibility index (Phi) is 4.82. The Labute approximate surface area is 167 Å². The minimum atomic E-state index is -4.47. The van der Waals surface area contributed by atoms with E-state index >= 15 is 0 Å². The van der Waals surface area contributed by atoms with Gasteiger partial charge in [0.2, 0.25) is 10.0 Å². The van der Waals surface area contributed by atoms with E-state index in [1.807, 2.05) is 0 Å². The minimum Gasteiger partial charge on any atom is -0.251 e. The first kappa shape index (κ1) is 20.1. The van der Waals surface area contributed by atoms with Gasteiger partial charge in [-0.25, -0.2) is 13.6 Å². The molecule has 0 bridgehead atoms. The lowest BCUT2D eigenvalue weighted by atomic mass is 9.81. The summed E-state index contributed by atoms with van der Waals surface area (Å²) in [4.78, 5) is 3.66. The molecule has 8 heteroatoms. The predicted octanol–water partition coefficient (Wildman–Crippen LogP) is 5.01. The zero-order valence-corrected chi connectivity index (χ0v) is 16.5. The van der Waals surface area contributed by atoms with E-state index in [9.17, 15) is 21.6 Å². The molecule has 1 fully saturated rings. The molecule has 29 heavy (non-hydrogen) atoms. The molecule has 2 aliphatic rings. The number of hydrogen-bond donors (Lipinski definition) is 1. The summed E-state index contributed by atoms with van der Waals surface area (Å²) in [5.41, 5.74) is 2.83. The highest BCUT2D eigenvalue weighted by molar-refractivity contribution is 7.89. The highest BCUT2D eigenvalue weighted by Crippen LogP contribution is 2.57. The number of alkyl halides is 3. The average molecular weight is 422 g/mol. The number of nitrogens with two attached hydrogens (primary N) is 1. The van der Waals surface area contributed by atoms with Crippen LogP contribution in [0.5, 0.6) is 0 Å². The van der Waals surface area contributed by atoms with Crippen LogP contribution in [0.15, 0.2) is 47.5 Å². The van der Waals surface area contributed by atoms with Crippen LogP contribution in [0.25, 0.3) is 11.1 Å². The Morgan fingerprint density at radius 3 is 1.93 bits per heavy atom. The Morgan fingerprint density at radius 2 is 1.45 bits per heavy atom. The summed E-state index contributed by atoms with van der Waals surface area (Å²) in [5, 5.41) is 5.18. The normalized spacial score (nSPS) is 19.3. The fourth-order valence-corrected chi connectivity index (χ4v) is 5.16. The average Bonchev–Trinajstić information content (AvgIpc) is 3.28. The smallest absolute Gasteiger partial charge is 0.251 e. The summed E-state index contributed by atoms with van der Waals surface area (Å²) in [6.07, 6.45) is 2.93. The van der Waals surface area contributed by atoms with Crippen molar-refractivity contribution >= 4 is 21.2 Å². The summed E-state index contributed by atoms with van der Waals surface area (Å²) in [7, 11) is -3.78. The molecule has 2 aliphatic carbocycles. The lowest BCUT2D eigenvalue weighted by Gasteiger charge is -2.23. The van der Waals surface area contributed by atoms with E-state index < -0.39 is 21.9 Å². The van der Waals surface area contributed by atoms with Crippen LogP contribution in [0.3, 0.4) is 0 Å². The third-order valence-corrected chi connectivity index (χ3v) is 6.99. The molecule has 0 amide bonds. The number of hydrogen-bond acceptors (Lipinski definition) is 3. The molecule has 2 aromatic rings. The van der Waals surface area contributed by atoms with Crippen LogP contribution in [0.1, 0.15) is 55.3 Å². The van der Waals surface area contributed by atoms with Crippen LogP contribution in [0.4, 0.5) is 13.2 Å². The van der Waals surface area contributed by atoms with Crippen molar-refractivity contribution < 1.29 is 21.6 Å². The zero-order valence-electron chi connectivity index (χ0n) is 15.7. The van der Waals surface area contributed by atoms with Gasteiger partial charge in [-0.2, -0.15) is 13.2 Å². The second-order valence-corrected chi connectivity index (χ2v) is 9.58. The Morgan fingerprint density at radius 1 is 0.897 bits per heavy atom. The van der Waals surface area contributed by atoms with Crippen LogP contribution in [-0.4, -0.2) is 13.4 Å². The lowest BCUT2D eigenvalue weighted by molar-refractivity contribution is -0.141. The van der Waals surface area contributed by atoms with Gasteiger partial charge in [-0.05, 0) is 71.6 Å². The molecular formula is C21H21F3N2O2S. The van der Waals surface area contributed by atoms with E-state index in [1.54, 1.807) is 12.1 Å². The summed E-state index contributed by atoms with van der Waals surface area (Å²) in [6, 6.07) is 8.89. The molecular weight excluding hydrogens is 401 g/mol. The molecule has 154 valence electrons. The maximum absolute atomic E-state index is 12.9. The van der Waals surface area contributed by atoms with Crippen LogP contribution >= 0.6 is 0 Å². The minimum absolute atomic E-state index is 0.0353. The molecule has 0 radical (unpaired) electrons. The van der Waals surface area contributed by atoms with Crippen LogP contribution in [0.2, 0.25) is 0 Å². The third-order valence-electron chi connectivity index (χ3n) is 6.07. The van der Waals surface area contributed by atoms with Gasteiger partial charge in [0.05, 0.1) is 4.90 Å². The number of benzene rings is 1. The van der Waals surface area contributed by atoms with Gasteiger partial charge in [-0.1, -0.05) is 31.0 Å². The van der Waals surface area contributed by atoms with Gasteiger partial charge < -0.3 is 0 Å². The van der Waals surface area contributed by atoms with Crippen molar-refractivity contribution in [2.24, 2.45) is 10.6 Å². The van der Waals surface area contributed by atoms with Crippen LogP contribution in [-0.2, 0) is 16.2 Å². The van der Waals surface area contributed by atoms with Gasteiger partial charge in [0.1, 0.15) is 5.69 Å². The largest absolute Gasteiger partial charge is 0.433 e. The lowest BCUT2D eigenvalue weighted by Crippen LogP contribution is -2.12. The van der Waals surface area contributed by atoms with Crippen LogP contribution < -0.4 is 5.14 Å². The van der Waals surface area contributed by atoms with Gasteiger partial charge in [0.15, 0.2) is 0 Å². The molecule has 2 N–H and O–H groups in total. The van der Waals surface area contributed by atoms with Gasteiger partial charge in [-0.15, -0.1) is 0 Å².